The molecule has 17 heavy (non-hydrogen) atoms. The number of carbonyl (C=O) groups excluding carboxylic acids is 1. The van der Waals surface area contributed by atoms with Crippen LogP contribution in [-0.2, 0) is 24.7 Å². The molecule has 0 aliphatic carbocycles. The zero-order valence-corrected chi connectivity index (χ0v) is 11.3. The van der Waals surface area contributed by atoms with Gasteiger partial charge in [-0.3, -0.25) is 9.48 Å². The molecule has 5 heteroatoms. The lowest BCUT2D eigenvalue weighted by atomic mass is 9.95. The Hall–Kier alpha value is -0.870. The summed E-state index contributed by atoms with van der Waals surface area (Å²) in [6, 6.07) is 0. The molecule has 1 heterocycles. The molecule has 0 spiro atoms. The second-order valence-corrected chi connectivity index (χ2v) is 4.59. The Morgan fingerprint density at radius 3 is 2.65 bits per heavy atom. The number of aryl methyl sites for hydroxylation is 2. The predicted octanol–water partition coefficient (Wildman–Crippen LogP) is 1.77. The summed E-state index contributed by atoms with van der Waals surface area (Å²) in [4.78, 5) is 11.5. The number of aromatic nitrogens is 2. The Balaban J connectivity index is 2.92. The van der Waals surface area contributed by atoms with E-state index in [0.29, 0.717) is 17.9 Å². The fourth-order valence-corrected chi connectivity index (χ4v) is 2.25. The van der Waals surface area contributed by atoms with E-state index in [4.69, 9.17) is 16.7 Å². The molecule has 96 valence electrons. The molecule has 0 saturated heterocycles. The number of Topliss-reactive ketones (excluding diaryl/α,β-unsaturated/α-hetero) is 1. The van der Waals surface area contributed by atoms with Gasteiger partial charge in [0, 0.05) is 26.0 Å². The van der Waals surface area contributed by atoms with Gasteiger partial charge in [-0.1, -0.05) is 18.5 Å². The average Bonchev–Trinajstić information content (AvgIpc) is 2.55. The largest absolute Gasteiger partial charge is 0.396 e. The third kappa shape index (κ3) is 3.30. The molecule has 4 nitrogen and oxygen atoms in total. The maximum Gasteiger partial charge on any atom is 0.133 e. The van der Waals surface area contributed by atoms with Crippen molar-refractivity contribution in [2.45, 2.75) is 33.1 Å². The Morgan fingerprint density at radius 1 is 1.59 bits per heavy atom. The second kappa shape index (κ2) is 6.17. The summed E-state index contributed by atoms with van der Waals surface area (Å²) in [5.41, 5.74) is 1.73. The lowest BCUT2D eigenvalue weighted by Crippen LogP contribution is -2.17. The van der Waals surface area contributed by atoms with Gasteiger partial charge >= 0.3 is 0 Å². The van der Waals surface area contributed by atoms with Crippen molar-refractivity contribution in [1.82, 2.24) is 9.78 Å². The zero-order chi connectivity index (χ0) is 13.0. The summed E-state index contributed by atoms with van der Waals surface area (Å²) in [5, 5.41) is 13.9. The fraction of sp³-hybridized carbons (Fsp3) is 0.667. The van der Waals surface area contributed by atoms with Crippen molar-refractivity contribution in [2.75, 3.05) is 6.61 Å². The lowest BCUT2D eigenvalue weighted by molar-refractivity contribution is -0.121. The van der Waals surface area contributed by atoms with Crippen molar-refractivity contribution < 1.29 is 9.90 Å². The van der Waals surface area contributed by atoms with Crippen molar-refractivity contribution in [3.05, 3.63) is 16.4 Å². The van der Waals surface area contributed by atoms with Gasteiger partial charge in [0.25, 0.3) is 0 Å². The highest BCUT2D eigenvalue weighted by molar-refractivity contribution is 6.31. The van der Waals surface area contributed by atoms with E-state index in [1.807, 2.05) is 14.0 Å². The van der Waals surface area contributed by atoms with E-state index < -0.39 is 0 Å². The molecule has 0 amide bonds. The minimum atomic E-state index is -0.183. The molecule has 0 fully saturated rings. The number of ketones is 1. The van der Waals surface area contributed by atoms with Crippen molar-refractivity contribution in [3.8, 4) is 0 Å². The zero-order valence-electron chi connectivity index (χ0n) is 10.5. The first-order valence-electron chi connectivity index (χ1n) is 5.82. The number of hydrogen-bond donors (Lipinski definition) is 1. The van der Waals surface area contributed by atoms with Crippen molar-refractivity contribution in [1.29, 1.82) is 0 Å². The van der Waals surface area contributed by atoms with Gasteiger partial charge in [0.15, 0.2) is 0 Å². The summed E-state index contributed by atoms with van der Waals surface area (Å²) in [5.74, 6) is -0.105. The molecule has 0 aliphatic heterocycles. The SMILES string of the molecule is CCc1nn(C)c(CC(CCO)C(C)=O)c1Cl. The second-order valence-electron chi connectivity index (χ2n) is 4.21. The smallest absolute Gasteiger partial charge is 0.133 e. The van der Waals surface area contributed by atoms with Gasteiger partial charge in [-0.25, -0.2) is 0 Å². The average molecular weight is 259 g/mol. The quantitative estimate of drug-likeness (QED) is 0.846. The number of halogens is 1. The van der Waals surface area contributed by atoms with E-state index in [2.05, 4.69) is 5.10 Å². The van der Waals surface area contributed by atoms with Crippen LogP contribution in [0.15, 0.2) is 0 Å². The van der Waals surface area contributed by atoms with Gasteiger partial charge < -0.3 is 5.11 Å². The van der Waals surface area contributed by atoms with Crippen LogP contribution in [-0.4, -0.2) is 27.3 Å². The first-order valence-corrected chi connectivity index (χ1v) is 6.20. The van der Waals surface area contributed by atoms with Crippen molar-refractivity contribution >= 4 is 17.4 Å². The first-order chi connectivity index (χ1) is 8.01. The topological polar surface area (TPSA) is 55.1 Å². The van der Waals surface area contributed by atoms with Crippen LogP contribution < -0.4 is 0 Å². The Bertz CT molecular complexity index is 401. The van der Waals surface area contributed by atoms with Crippen LogP contribution in [0.2, 0.25) is 5.02 Å². The van der Waals surface area contributed by atoms with Gasteiger partial charge in [0.1, 0.15) is 5.78 Å². The van der Waals surface area contributed by atoms with Gasteiger partial charge in [0.2, 0.25) is 0 Å². The molecule has 0 bridgehead atoms. The van der Waals surface area contributed by atoms with Gasteiger partial charge in [-0.05, 0) is 19.8 Å². The minimum absolute atomic E-state index is 0.0142. The van der Waals surface area contributed by atoms with Gasteiger partial charge in [-0.15, -0.1) is 0 Å². The first kappa shape index (κ1) is 14.2. The van der Waals surface area contributed by atoms with Crippen LogP contribution in [0.5, 0.6) is 0 Å². The molecule has 1 N–H and O–H groups in total. The molecule has 1 aromatic heterocycles. The maximum atomic E-state index is 11.5. The normalized spacial score (nSPS) is 12.8. The summed E-state index contributed by atoms with van der Waals surface area (Å²) >= 11 is 6.22. The maximum absolute atomic E-state index is 11.5. The number of aliphatic hydroxyl groups excluding tert-OH is 1. The third-order valence-corrected chi connectivity index (χ3v) is 3.43. The Labute approximate surface area is 107 Å². The van der Waals surface area contributed by atoms with Crippen molar-refractivity contribution in [2.24, 2.45) is 13.0 Å². The lowest BCUT2D eigenvalue weighted by Gasteiger charge is -2.12. The monoisotopic (exact) mass is 258 g/mol. The standard InChI is InChI=1S/C12H19ClN2O2/c1-4-10-12(13)11(15(3)14-10)7-9(5-6-16)8(2)17/h9,16H,4-7H2,1-3H3. The summed E-state index contributed by atoms with van der Waals surface area (Å²) in [6.45, 7) is 3.56. The highest BCUT2D eigenvalue weighted by atomic mass is 35.5. The summed E-state index contributed by atoms with van der Waals surface area (Å²) in [6.07, 6.45) is 1.79. The minimum Gasteiger partial charge on any atom is -0.396 e. The van der Waals surface area contributed by atoms with Crippen LogP contribution in [0.1, 0.15) is 31.7 Å². The molecular weight excluding hydrogens is 240 g/mol. The van der Waals surface area contributed by atoms with Crippen LogP contribution in [0.3, 0.4) is 0 Å². The van der Waals surface area contributed by atoms with E-state index in [1.165, 1.54) is 0 Å². The number of rotatable bonds is 6. The van der Waals surface area contributed by atoms with Crippen LogP contribution in [0, 0.1) is 5.92 Å². The Morgan fingerprint density at radius 2 is 2.24 bits per heavy atom. The van der Waals surface area contributed by atoms with Crippen LogP contribution in [0.25, 0.3) is 0 Å². The summed E-state index contributed by atoms with van der Waals surface area (Å²) < 4.78 is 1.73. The fourth-order valence-electron chi connectivity index (χ4n) is 1.88. The third-order valence-electron chi connectivity index (χ3n) is 3.00. The molecule has 1 unspecified atom stereocenters. The molecule has 1 atom stereocenters. The highest BCUT2D eigenvalue weighted by Crippen LogP contribution is 2.24. The van der Waals surface area contributed by atoms with Crippen LogP contribution in [0.4, 0.5) is 0 Å². The van der Waals surface area contributed by atoms with Crippen molar-refractivity contribution in [3.63, 3.8) is 0 Å². The number of aliphatic hydroxyl groups is 1. The van der Waals surface area contributed by atoms with Gasteiger partial charge in [-0.2, -0.15) is 5.10 Å². The number of hydrogen-bond acceptors (Lipinski definition) is 3. The molecule has 1 rings (SSSR count). The van der Waals surface area contributed by atoms with E-state index in [9.17, 15) is 4.79 Å². The molecule has 1 aromatic rings. The van der Waals surface area contributed by atoms with Crippen LogP contribution >= 0.6 is 11.6 Å². The molecule has 0 aliphatic rings. The Kier molecular flexibility index (Phi) is 5.15. The molecule has 0 aromatic carbocycles. The molecule has 0 saturated carbocycles. The molecule has 0 radical (unpaired) electrons. The predicted molar refractivity (Wildman–Crippen MR) is 67.2 cm³/mol. The van der Waals surface area contributed by atoms with Gasteiger partial charge in [0.05, 0.1) is 16.4 Å². The number of carbonyl (C=O) groups is 1. The van der Waals surface area contributed by atoms with E-state index in [1.54, 1.807) is 11.6 Å². The number of nitrogens with zero attached hydrogens (tertiary/aromatic N) is 2. The van der Waals surface area contributed by atoms with E-state index in [0.717, 1.165) is 17.8 Å². The summed E-state index contributed by atoms with van der Waals surface area (Å²) in [7, 11) is 1.83. The van der Waals surface area contributed by atoms with E-state index >= 15 is 0 Å². The highest BCUT2D eigenvalue weighted by Gasteiger charge is 2.20. The van der Waals surface area contributed by atoms with E-state index in [-0.39, 0.29) is 18.3 Å². The molecular formula is C12H19ClN2O2.